The highest BCUT2D eigenvalue weighted by Gasteiger charge is 2.16. The molecule has 8 nitrogen and oxygen atoms in total. The molecular formula is C23H32ClN5O3S. The number of hydrazine groups is 1. The number of ether oxygens (including phenoxy) is 1. The molecule has 0 aliphatic heterocycles. The van der Waals surface area contributed by atoms with Crippen molar-refractivity contribution in [3.8, 4) is 11.5 Å². The number of oxime groups is 1. The topological polar surface area (TPSA) is 138 Å². The van der Waals surface area contributed by atoms with Crippen LogP contribution in [-0.4, -0.2) is 34.2 Å². The number of phenolic OH excluding ortho intramolecular Hbond substituents is 1. The average Bonchev–Trinajstić information content (AvgIpc) is 2.82. The van der Waals surface area contributed by atoms with E-state index in [2.05, 4.69) is 15.7 Å². The van der Waals surface area contributed by atoms with Gasteiger partial charge in [0.1, 0.15) is 17.3 Å². The summed E-state index contributed by atoms with van der Waals surface area (Å²) < 4.78 is 5.98. The molecule has 0 spiro atoms. The van der Waals surface area contributed by atoms with Crippen molar-refractivity contribution in [3.63, 3.8) is 0 Å². The zero-order valence-electron chi connectivity index (χ0n) is 19.0. The molecule has 0 aliphatic carbocycles. The number of hydrogen-bond acceptors (Lipinski definition) is 8. The van der Waals surface area contributed by atoms with Gasteiger partial charge in [0.25, 0.3) is 0 Å². The van der Waals surface area contributed by atoms with Gasteiger partial charge in [-0.3, -0.25) is 0 Å². The van der Waals surface area contributed by atoms with Crippen LogP contribution in [0.15, 0.2) is 45.5 Å². The first-order chi connectivity index (χ1) is 16.0. The Bertz CT molecular complexity index is 985. The summed E-state index contributed by atoms with van der Waals surface area (Å²) in [7, 11) is 0. The molecule has 2 rings (SSSR count). The van der Waals surface area contributed by atoms with Gasteiger partial charge in [0.05, 0.1) is 17.3 Å². The molecule has 180 valence electrons. The number of thioether (sulfide) groups is 1. The lowest BCUT2D eigenvalue weighted by Gasteiger charge is -2.16. The molecule has 0 aliphatic rings. The van der Waals surface area contributed by atoms with E-state index in [9.17, 15) is 10.3 Å². The minimum absolute atomic E-state index is 0.123. The van der Waals surface area contributed by atoms with Crippen LogP contribution in [0, 0.1) is 0 Å². The van der Waals surface area contributed by atoms with E-state index in [4.69, 9.17) is 28.0 Å². The number of nitrogens with one attached hydrogen (secondary N) is 1. The molecule has 2 aromatic carbocycles. The zero-order chi connectivity index (χ0) is 24.2. The standard InChI is InChI=1S/C23H32ClN5O3S/c1-3-6-17-20(9-8-16(23(17)30)19(4-2)29-31)32-11-5-12-33-21-10-7-15(13-18(21)24)14-22(27-25)28-26/h7-10,13,30-31H,3-6,11-12,14,25-26H2,1-2H3,(H,27,28)/b29-19+. The van der Waals surface area contributed by atoms with Gasteiger partial charge < -0.3 is 26.3 Å². The van der Waals surface area contributed by atoms with Crippen LogP contribution in [-0.2, 0) is 12.8 Å². The lowest BCUT2D eigenvalue weighted by atomic mass is 9.99. The van der Waals surface area contributed by atoms with E-state index >= 15 is 0 Å². The quantitative estimate of drug-likeness (QED) is 0.0560. The fourth-order valence-corrected chi connectivity index (χ4v) is 4.52. The smallest absolute Gasteiger partial charge is 0.140 e. The first-order valence-corrected chi connectivity index (χ1v) is 12.2. The zero-order valence-corrected chi connectivity index (χ0v) is 20.5. The highest BCUT2D eigenvalue weighted by molar-refractivity contribution is 7.99. The van der Waals surface area contributed by atoms with Crippen molar-refractivity contribution in [2.75, 3.05) is 12.4 Å². The number of phenols is 1. The Morgan fingerprint density at radius 1 is 1.24 bits per heavy atom. The number of nitrogens with zero attached hydrogens (tertiary/aromatic N) is 2. The largest absolute Gasteiger partial charge is 0.507 e. The molecule has 33 heavy (non-hydrogen) atoms. The van der Waals surface area contributed by atoms with Crippen LogP contribution in [0.25, 0.3) is 0 Å². The fourth-order valence-electron chi connectivity index (χ4n) is 3.31. The predicted molar refractivity (Wildman–Crippen MR) is 136 cm³/mol. The van der Waals surface area contributed by atoms with Gasteiger partial charge in [-0.25, -0.2) is 5.84 Å². The van der Waals surface area contributed by atoms with Crippen LogP contribution in [0.4, 0.5) is 0 Å². The van der Waals surface area contributed by atoms with Gasteiger partial charge in [-0.05, 0) is 49.1 Å². The van der Waals surface area contributed by atoms with Gasteiger partial charge in [-0.1, -0.05) is 43.1 Å². The minimum Gasteiger partial charge on any atom is -0.507 e. The summed E-state index contributed by atoms with van der Waals surface area (Å²) in [6, 6.07) is 9.38. The van der Waals surface area contributed by atoms with Crippen LogP contribution in [0.1, 0.15) is 49.8 Å². The normalized spacial score (nSPS) is 12.1. The van der Waals surface area contributed by atoms with Crippen molar-refractivity contribution in [1.82, 2.24) is 5.43 Å². The van der Waals surface area contributed by atoms with Gasteiger partial charge in [-0.2, -0.15) is 5.10 Å². The monoisotopic (exact) mass is 493 g/mol. The molecule has 0 heterocycles. The number of halogens is 1. The van der Waals surface area contributed by atoms with Crippen molar-refractivity contribution < 1.29 is 15.1 Å². The molecule has 0 fully saturated rings. The van der Waals surface area contributed by atoms with Crippen LogP contribution in [0.2, 0.25) is 5.02 Å². The first-order valence-electron chi connectivity index (χ1n) is 10.8. The minimum atomic E-state index is 0.123. The second kappa shape index (κ2) is 13.8. The molecule has 0 bridgehead atoms. The SMILES string of the molecule is CCCc1c(OCCCSc2ccc(C/C(=N/N)NN)cc2Cl)ccc(/C(CC)=N/O)c1O. The number of hydrazone groups is 1. The summed E-state index contributed by atoms with van der Waals surface area (Å²) >= 11 is 8.07. The third kappa shape index (κ3) is 7.45. The van der Waals surface area contributed by atoms with Crippen molar-refractivity contribution in [2.24, 2.45) is 21.9 Å². The van der Waals surface area contributed by atoms with Crippen molar-refractivity contribution in [2.45, 2.75) is 50.8 Å². The number of amidine groups is 1. The van der Waals surface area contributed by atoms with Crippen LogP contribution in [0.5, 0.6) is 11.5 Å². The van der Waals surface area contributed by atoms with Crippen LogP contribution >= 0.6 is 23.4 Å². The second-order valence-corrected chi connectivity index (χ2v) is 8.84. The van der Waals surface area contributed by atoms with Gasteiger partial charge in [-0.15, -0.1) is 11.8 Å². The Hall–Kier alpha value is -2.62. The Morgan fingerprint density at radius 3 is 2.64 bits per heavy atom. The number of nitrogens with two attached hydrogens (primary N) is 2. The van der Waals surface area contributed by atoms with Gasteiger partial charge >= 0.3 is 0 Å². The Labute approximate surface area is 204 Å². The molecule has 7 N–H and O–H groups in total. The van der Waals surface area contributed by atoms with Crippen molar-refractivity contribution in [1.29, 1.82) is 0 Å². The molecule has 10 heteroatoms. The molecule has 0 radical (unpaired) electrons. The predicted octanol–water partition coefficient (Wildman–Crippen LogP) is 4.43. The fraction of sp³-hybridized carbons (Fsp3) is 0.391. The van der Waals surface area contributed by atoms with E-state index in [1.807, 2.05) is 38.1 Å². The molecular weight excluding hydrogens is 462 g/mol. The van der Waals surface area contributed by atoms with Crippen molar-refractivity contribution >= 4 is 34.9 Å². The van der Waals surface area contributed by atoms with Gasteiger partial charge in [0.2, 0.25) is 0 Å². The van der Waals surface area contributed by atoms with E-state index < -0.39 is 0 Å². The van der Waals surface area contributed by atoms with E-state index in [-0.39, 0.29) is 5.75 Å². The number of rotatable bonds is 12. The molecule has 0 unspecified atom stereocenters. The summed E-state index contributed by atoms with van der Waals surface area (Å²) in [5.41, 5.74) is 5.14. The van der Waals surface area contributed by atoms with E-state index in [0.29, 0.717) is 53.8 Å². The third-order valence-corrected chi connectivity index (χ3v) is 6.58. The first kappa shape index (κ1) is 26.6. The van der Waals surface area contributed by atoms with Crippen molar-refractivity contribution in [3.05, 3.63) is 52.0 Å². The summed E-state index contributed by atoms with van der Waals surface area (Å²) in [5, 5.41) is 27.5. The van der Waals surface area contributed by atoms with E-state index in [0.717, 1.165) is 34.6 Å². The Morgan fingerprint density at radius 2 is 2.03 bits per heavy atom. The summed E-state index contributed by atoms with van der Waals surface area (Å²) in [6.45, 7) is 4.42. The van der Waals surface area contributed by atoms with Crippen LogP contribution in [0.3, 0.4) is 0 Å². The Balaban J connectivity index is 1.94. The third-order valence-electron chi connectivity index (χ3n) is 5.00. The summed E-state index contributed by atoms with van der Waals surface area (Å²) in [4.78, 5) is 0.983. The summed E-state index contributed by atoms with van der Waals surface area (Å²) in [5.74, 6) is 12.7. The molecule has 0 amide bonds. The number of hydrogen-bond donors (Lipinski definition) is 5. The lowest BCUT2D eigenvalue weighted by molar-refractivity contribution is 0.311. The maximum atomic E-state index is 10.7. The van der Waals surface area contributed by atoms with Gasteiger partial charge in [0, 0.05) is 28.2 Å². The average molecular weight is 494 g/mol. The van der Waals surface area contributed by atoms with Gasteiger partial charge in [0.15, 0.2) is 0 Å². The van der Waals surface area contributed by atoms with Crippen LogP contribution < -0.4 is 21.8 Å². The molecule has 0 saturated heterocycles. The second-order valence-electron chi connectivity index (χ2n) is 7.30. The Kier molecular flexibility index (Phi) is 11.2. The summed E-state index contributed by atoms with van der Waals surface area (Å²) in [6.07, 6.45) is 3.32. The number of benzene rings is 2. The number of aromatic hydroxyl groups is 1. The lowest BCUT2D eigenvalue weighted by Crippen LogP contribution is -2.32. The highest BCUT2D eigenvalue weighted by atomic mass is 35.5. The maximum Gasteiger partial charge on any atom is 0.140 e. The van der Waals surface area contributed by atoms with E-state index in [1.54, 1.807) is 17.8 Å². The molecule has 0 atom stereocenters. The maximum absolute atomic E-state index is 10.7. The molecule has 0 saturated carbocycles. The molecule has 2 aromatic rings. The van der Waals surface area contributed by atoms with E-state index in [1.165, 1.54) is 0 Å². The molecule has 0 aromatic heterocycles. The highest BCUT2D eigenvalue weighted by Crippen LogP contribution is 2.34.